The van der Waals surface area contributed by atoms with E-state index in [0.29, 0.717) is 19.1 Å². The van der Waals surface area contributed by atoms with Crippen LogP contribution in [-0.4, -0.2) is 44.0 Å². The maximum Gasteiger partial charge on any atom is 0.177 e. The highest BCUT2D eigenvalue weighted by Gasteiger charge is 2.15. The third kappa shape index (κ3) is 5.43. The number of carbonyl (C=O) groups is 1. The highest BCUT2D eigenvalue weighted by molar-refractivity contribution is 5.99. The van der Waals surface area contributed by atoms with Gasteiger partial charge in [0.15, 0.2) is 5.78 Å². The van der Waals surface area contributed by atoms with Crippen LogP contribution in [0.3, 0.4) is 0 Å². The van der Waals surface area contributed by atoms with Crippen molar-refractivity contribution in [3.8, 4) is 0 Å². The third-order valence-corrected chi connectivity index (χ3v) is 3.30. The molecule has 0 radical (unpaired) electrons. The van der Waals surface area contributed by atoms with Crippen molar-refractivity contribution in [2.45, 2.75) is 27.7 Å². The van der Waals surface area contributed by atoms with Crippen LogP contribution in [0.15, 0.2) is 18.2 Å². The normalized spacial score (nSPS) is 11.3. The average Bonchev–Trinajstić information content (AvgIpc) is 2.38. The highest BCUT2D eigenvalue weighted by atomic mass is 16.5. The van der Waals surface area contributed by atoms with Gasteiger partial charge in [0.1, 0.15) is 0 Å². The van der Waals surface area contributed by atoms with Crippen molar-refractivity contribution in [3.05, 3.63) is 34.9 Å². The number of Topliss-reactive ketones (excluding diaryl/α,β-unsaturated/α-hetero) is 1. The Kier molecular flexibility index (Phi) is 6.89. The molecule has 0 saturated carbocycles. The summed E-state index contributed by atoms with van der Waals surface area (Å²) in [6, 6.07) is 6.05. The molecule has 0 saturated heterocycles. The second-order valence-corrected chi connectivity index (χ2v) is 5.86. The van der Waals surface area contributed by atoms with Gasteiger partial charge in [0.2, 0.25) is 0 Å². The van der Waals surface area contributed by atoms with Crippen molar-refractivity contribution in [1.29, 1.82) is 0 Å². The van der Waals surface area contributed by atoms with Crippen molar-refractivity contribution in [2.75, 3.05) is 33.4 Å². The monoisotopic (exact) mass is 277 g/mol. The lowest BCUT2D eigenvalue weighted by molar-refractivity contribution is 0.0880. The number of benzene rings is 1. The number of hydrogen-bond acceptors (Lipinski definition) is 3. The van der Waals surface area contributed by atoms with Gasteiger partial charge >= 0.3 is 0 Å². The summed E-state index contributed by atoms with van der Waals surface area (Å²) in [6.45, 7) is 11.2. The lowest BCUT2D eigenvalue weighted by atomic mass is 10.0. The Balaban J connectivity index is 2.76. The summed E-state index contributed by atoms with van der Waals surface area (Å²) < 4.78 is 5.13. The van der Waals surface area contributed by atoms with E-state index < -0.39 is 0 Å². The van der Waals surface area contributed by atoms with E-state index in [-0.39, 0.29) is 5.78 Å². The van der Waals surface area contributed by atoms with Gasteiger partial charge in [0.25, 0.3) is 0 Å². The molecule has 1 aromatic carbocycles. The first kappa shape index (κ1) is 16.9. The lowest BCUT2D eigenvalue weighted by Crippen LogP contribution is -2.35. The molecule has 0 unspecified atom stereocenters. The second-order valence-electron chi connectivity index (χ2n) is 5.86. The fraction of sp³-hybridized carbons (Fsp3) is 0.588. The van der Waals surface area contributed by atoms with Gasteiger partial charge in [-0.05, 0) is 31.4 Å². The molecule has 0 bridgehead atoms. The summed E-state index contributed by atoms with van der Waals surface area (Å²) in [6.07, 6.45) is 0. The molecule has 1 aromatic rings. The van der Waals surface area contributed by atoms with E-state index in [9.17, 15) is 4.79 Å². The Labute approximate surface area is 122 Å². The fourth-order valence-corrected chi connectivity index (χ4v) is 2.30. The van der Waals surface area contributed by atoms with Crippen molar-refractivity contribution in [2.24, 2.45) is 5.92 Å². The molecule has 1 rings (SSSR count). The Morgan fingerprint density at radius 1 is 1.30 bits per heavy atom. The number of ketones is 1. The van der Waals surface area contributed by atoms with Gasteiger partial charge in [-0.25, -0.2) is 0 Å². The summed E-state index contributed by atoms with van der Waals surface area (Å²) in [5, 5.41) is 0. The minimum absolute atomic E-state index is 0.197. The van der Waals surface area contributed by atoms with E-state index >= 15 is 0 Å². The lowest BCUT2D eigenvalue weighted by Gasteiger charge is -2.23. The van der Waals surface area contributed by atoms with Gasteiger partial charge in [-0.3, -0.25) is 9.69 Å². The molecule has 112 valence electrons. The fourth-order valence-electron chi connectivity index (χ4n) is 2.30. The SMILES string of the molecule is COCCN(CC(=O)c1cc(C)ccc1C)CC(C)C. The first-order chi connectivity index (χ1) is 9.43. The molecule has 0 heterocycles. The number of ether oxygens (including phenoxy) is 1. The van der Waals surface area contributed by atoms with E-state index in [0.717, 1.165) is 29.8 Å². The average molecular weight is 277 g/mol. The zero-order valence-electron chi connectivity index (χ0n) is 13.4. The van der Waals surface area contributed by atoms with Crippen LogP contribution in [0.2, 0.25) is 0 Å². The van der Waals surface area contributed by atoms with Gasteiger partial charge in [-0.15, -0.1) is 0 Å². The first-order valence-electron chi connectivity index (χ1n) is 7.25. The number of hydrogen-bond donors (Lipinski definition) is 0. The van der Waals surface area contributed by atoms with Crippen LogP contribution in [0, 0.1) is 19.8 Å². The van der Waals surface area contributed by atoms with Gasteiger partial charge in [0.05, 0.1) is 13.2 Å². The molecule has 0 spiro atoms. The van der Waals surface area contributed by atoms with E-state index in [2.05, 4.69) is 18.7 Å². The molecule has 0 atom stereocenters. The Bertz CT molecular complexity index is 441. The zero-order valence-corrected chi connectivity index (χ0v) is 13.4. The van der Waals surface area contributed by atoms with Gasteiger partial charge in [-0.2, -0.15) is 0 Å². The second kappa shape index (κ2) is 8.18. The highest BCUT2D eigenvalue weighted by Crippen LogP contribution is 2.12. The molecule has 0 aliphatic carbocycles. The summed E-state index contributed by atoms with van der Waals surface area (Å²) >= 11 is 0. The van der Waals surface area contributed by atoms with Crippen LogP contribution in [0.4, 0.5) is 0 Å². The van der Waals surface area contributed by atoms with Crippen molar-refractivity contribution in [1.82, 2.24) is 4.90 Å². The van der Waals surface area contributed by atoms with Crippen molar-refractivity contribution in [3.63, 3.8) is 0 Å². The largest absolute Gasteiger partial charge is 0.383 e. The van der Waals surface area contributed by atoms with E-state index in [1.807, 2.05) is 32.0 Å². The van der Waals surface area contributed by atoms with Gasteiger partial charge < -0.3 is 4.74 Å². The third-order valence-electron chi connectivity index (χ3n) is 3.30. The summed E-state index contributed by atoms with van der Waals surface area (Å²) in [5.74, 6) is 0.737. The summed E-state index contributed by atoms with van der Waals surface area (Å²) in [7, 11) is 1.69. The number of aryl methyl sites for hydroxylation is 2. The van der Waals surface area contributed by atoms with E-state index in [4.69, 9.17) is 4.74 Å². The molecule has 0 N–H and O–H groups in total. The number of carbonyl (C=O) groups excluding carboxylic acids is 1. The Hall–Kier alpha value is -1.19. The molecule has 0 aromatic heterocycles. The summed E-state index contributed by atoms with van der Waals surface area (Å²) in [4.78, 5) is 14.7. The maximum absolute atomic E-state index is 12.5. The predicted molar refractivity (Wildman–Crippen MR) is 83.4 cm³/mol. The Morgan fingerprint density at radius 3 is 2.60 bits per heavy atom. The van der Waals surface area contributed by atoms with Crippen LogP contribution in [0.25, 0.3) is 0 Å². The minimum Gasteiger partial charge on any atom is -0.383 e. The minimum atomic E-state index is 0.197. The van der Waals surface area contributed by atoms with Crippen molar-refractivity contribution >= 4 is 5.78 Å². The molecule has 20 heavy (non-hydrogen) atoms. The first-order valence-corrected chi connectivity index (χ1v) is 7.25. The molecule has 0 fully saturated rings. The zero-order chi connectivity index (χ0) is 15.1. The molecule has 0 aliphatic rings. The van der Waals surface area contributed by atoms with Crippen LogP contribution in [0.5, 0.6) is 0 Å². The van der Waals surface area contributed by atoms with Gasteiger partial charge in [-0.1, -0.05) is 31.5 Å². The van der Waals surface area contributed by atoms with Crippen LogP contribution < -0.4 is 0 Å². The van der Waals surface area contributed by atoms with Crippen LogP contribution >= 0.6 is 0 Å². The molecule has 3 nitrogen and oxygen atoms in total. The number of rotatable bonds is 8. The van der Waals surface area contributed by atoms with Crippen LogP contribution in [-0.2, 0) is 4.74 Å². The Morgan fingerprint density at radius 2 is 2.00 bits per heavy atom. The molecular formula is C17H27NO2. The standard InChI is InChI=1S/C17H27NO2/c1-13(2)11-18(8-9-20-5)12-17(19)16-10-14(3)6-7-15(16)4/h6-7,10,13H,8-9,11-12H2,1-5H3. The number of nitrogens with zero attached hydrogens (tertiary/aromatic N) is 1. The maximum atomic E-state index is 12.5. The van der Waals surface area contributed by atoms with E-state index in [1.165, 1.54) is 0 Å². The van der Waals surface area contributed by atoms with Crippen LogP contribution in [0.1, 0.15) is 35.3 Å². The molecule has 3 heteroatoms. The van der Waals surface area contributed by atoms with E-state index in [1.54, 1.807) is 7.11 Å². The molecule has 0 aliphatic heterocycles. The quantitative estimate of drug-likeness (QED) is 0.684. The molecule has 0 amide bonds. The van der Waals surface area contributed by atoms with Gasteiger partial charge in [0, 0.05) is 25.8 Å². The smallest absolute Gasteiger partial charge is 0.177 e. The van der Waals surface area contributed by atoms with Crippen molar-refractivity contribution < 1.29 is 9.53 Å². The number of methoxy groups -OCH3 is 1. The topological polar surface area (TPSA) is 29.5 Å². The molecular weight excluding hydrogens is 250 g/mol. The predicted octanol–water partition coefficient (Wildman–Crippen LogP) is 3.09. The summed E-state index contributed by atoms with van der Waals surface area (Å²) in [5.41, 5.74) is 3.03.